The highest BCUT2D eigenvalue weighted by Gasteiger charge is 2.31. The zero-order valence-corrected chi connectivity index (χ0v) is 13.1. The molecule has 120 valence electrons. The summed E-state index contributed by atoms with van der Waals surface area (Å²) in [4.78, 5) is 0. The van der Waals surface area contributed by atoms with E-state index in [2.05, 4.69) is 26.0 Å². The maximum Gasteiger partial charge on any atom is 0.573 e. The summed E-state index contributed by atoms with van der Waals surface area (Å²) in [5.41, 5.74) is 6.15. The Kier molecular flexibility index (Phi) is 7.27. The van der Waals surface area contributed by atoms with Crippen LogP contribution in [0, 0.1) is 0 Å². The highest BCUT2D eigenvalue weighted by atomic mass is 79.9. The van der Waals surface area contributed by atoms with Crippen molar-refractivity contribution in [3.8, 4) is 5.75 Å². The molecule has 3 N–H and O–H groups in total. The van der Waals surface area contributed by atoms with Crippen LogP contribution in [0.2, 0.25) is 0 Å². The van der Waals surface area contributed by atoms with Gasteiger partial charge in [0.2, 0.25) is 0 Å². The Morgan fingerprint density at radius 1 is 1.38 bits per heavy atom. The number of hydrogen-bond acceptors (Lipinski definition) is 4. The van der Waals surface area contributed by atoms with Crippen molar-refractivity contribution in [2.24, 2.45) is 5.73 Å². The molecule has 0 saturated heterocycles. The molecule has 0 saturated carbocycles. The van der Waals surface area contributed by atoms with Gasteiger partial charge in [-0.05, 0) is 53.5 Å². The molecule has 0 aliphatic carbocycles. The molecule has 1 aromatic carbocycles. The first-order valence-corrected chi connectivity index (χ1v) is 7.16. The van der Waals surface area contributed by atoms with Crippen LogP contribution in [-0.2, 0) is 4.74 Å². The molecule has 8 heteroatoms. The predicted octanol–water partition coefficient (Wildman–Crippen LogP) is 3.51. The van der Waals surface area contributed by atoms with Gasteiger partial charge in [0.05, 0.1) is 11.1 Å². The van der Waals surface area contributed by atoms with Gasteiger partial charge in [-0.15, -0.1) is 13.2 Å². The summed E-state index contributed by atoms with van der Waals surface area (Å²) in [7, 11) is 1.59. The lowest BCUT2D eigenvalue weighted by Gasteiger charge is -2.19. The predicted molar refractivity (Wildman–Crippen MR) is 78.4 cm³/mol. The zero-order valence-electron chi connectivity index (χ0n) is 11.5. The van der Waals surface area contributed by atoms with Crippen LogP contribution >= 0.6 is 15.9 Å². The molecular formula is C13H18BrF3N2O2. The van der Waals surface area contributed by atoms with E-state index in [-0.39, 0.29) is 16.3 Å². The van der Waals surface area contributed by atoms with Crippen molar-refractivity contribution in [1.82, 2.24) is 0 Å². The number of halogens is 4. The molecule has 0 amide bonds. The van der Waals surface area contributed by atoms with Gasteiger partial charge >= 0.3 is 6.36 Å². The second-order valence-corrected chi connectivity index (χ2v) is 5.27. The maximum atomic E-state index is 12.2. The number of anilines is 1. The largest absolute Gasteiger partial charge is 0.573 e. The van der Waals surface area contributed by atoms with Crippen molar-refractivity contribution in [2.75, 3.05) is 25.6 Å². The summed E-state index contributed by atoms with van der Waals surface area (Å²) >= 11 is 3.07. The van der Waals surface area contributed by atoms with Gasteiger partial charge in [-0.25, -0.2) is 0 Å². The lowest BCUT2D eigenvalue weighted by Crippen LogP contribution is -2.25. The van der Waals surface area contributed by atoms with E-state index in [9.17, 15) is 13.2 Å². The molecule has 0 heterocycles. The van der Waals surface area contributed by atoms with Crippen molar-refractivity contribution in [3.63, 3.8) is 0 Å². The highest BCUT2D eigenvalue weighted by Crippen LogP contribution is 2.32. The first-order valence-electron chi connectivity index (χ1n) is 6.36. The molecule has 0 spiro atoms. The molecular weight excluding hydrogens is 353 g/mol. The quantitative estimate of drug-likeness (QED) is 0.734. The van der Waals surface area contributed by atoms with E-state index in [0.29, 0.717) is 18.8 Å². The minimum Gasteiger partial charge on any atom is -0.405 e. The van der Waals surface area contributed by atoms with Crippen LogP contribution < -0.4 is 15.8 Å². The Labute approximate surface area is 129 Å². The fourth-order valence-corrected chi connectivity index (χ4v) is 2.26. The molecule has 0 aliphatic heterocycles. The Bertz CT molecular complexity index is 444. The Morgan fingerprint density at radius 2 is 2.10 bits per heavy atom. The first-order chi connectivity index (χ1) is 9.85. The van der Waals surface area contributed by atoms with Crippen LogP contribution in [0.15, 0.2) is 22.7 Å². The van der Waals surface area contributed by atoms with E-state index < -0.39 is 6.36 Å². The van der Waals surface area contributed by atoms with Crippen LogP contribution in [0.4, 0.5) is 18.9 Å². The Morgan fingerprint density at radius 3 is 2.62 bits per heavy atom. The molecule has 1 unspecified atom stereocenters. The van der Waals surface area contributed by atoms with E-state index >= 15 is 0 Å². The van der Waals surface area contributed by atoms with Crippen LogP contribution in [0.5, 0.6) is 5.75 Å². The van der Waals surface area contributed by atoms with Crippen molar-refractivity contribution < 1.29 is 22.6 Å². The van der Waals surface area contributed by atoms with Gasteiger partial charge in [-0.2, -0.15) is 0 Å². The molecule has 0 aromatic heterocycles. The molecule has 1 aromatic rings. The summed E-state index contributed by atoms with van der Waals surface area (Å²) in [6, 6.07) is 4.36. The van der Waals surface area contributed by atoms with E-state index in [1.54, 1.807) is 7.11 Å². The lowest BCUT2D eigenvalue weighted by atomic mass is 10.1. The van der Waals surface area contributed by atoms with E-state index in [4.69, 9.17) is 10.5 Å². The van der Waals surface area contributed by atoms with E-state index in [0.717, 1.165) is 12.8 Å². The average Bonchev–Trinajstić information content (AvgIpc) is 2.38. The standard InChI is InChI=1S/C13H18BrF3N2O2/c1-20-8-10(3-2-6-18)19-9-4-5-12(11(14)7-9)21-13(15,16)17/h4-5,7,10,19H,2-3,6,8,18H2,1H3. The second-order valence-electron chi connectivity index (χ2n) is 4.42. The molecule has 0 aliphatic rings. The van der Waals surface area contributed by atoms with Crippen molar-refractivity contribution in [1.29, 1.82) is 0 Å². The first kappa shape index (κ1) is 18.1. The van der Waals surface area contributed by atoms with Gasteiger partial charge in [0.1, 0.15) is 5.75 Å². The van der Waals surface area contributed by atoms with Gasteiger partial charge in [-0.1, -0.05) is 0 Å². The lowest BCUT2D eigenvalue weighted by molar-refractivity contribution is -0.274. The topological polar surface area (TPSA) is 56.5 Å². The Balaban J connectivity index is 2.72. The number of methoxy groups -OCH3 is 1. The molecule has 21 heavy (non-hydrogen) atoms. The van der Waals surface area contributed by atoms with Crippen molar-refractivity contribution >= 4 is 21.6 Å². The number of alkyl halides is 3. The van der Waals surface area contributed by atoms with Crippen LogP contribution in [0.3, 0.4) is 0 Å². The maximum absolute atomic E-state index is 12.2. The summed E-state index contributed by atoms with van der Waals surface area (Å²) < 4.78 is 45.8. The minimum absolute atomic E-state index is 0.0415. The molecule has 0 fully saturated rings. The minimum atomic E-state index is -4.71. The van der Waals surface area contributed by atoms with Crippen LogP contribution in [0.1, 0.15) is 12.8 Å². The third-order valence-electron chi connectivity index (χ3n) is 2.65. The van der Waals surface area contributed by atoms with E-state index in [1.165, 1.54) is 18.2 Å². The zero-order chi connectivity index (χ0) is 15.9. The number of rotatable bonds is 8. The van der Waals surface area contributed by atoms with Gasteiger partial charge < -0.3 is 20.5 Å². The number of benzene rings is 1. The van der Waals surface area contributed by atoms with Gasteiger partial charge in [0, 0.05) is 18.8 Å². The van der Waals surface area contributed by atoms with Gasteiger partial charge in [0.15, 0.2) is 0 Å². The molecule has 0 radical (unpaired) electrons. The summed E-state index contributed by atoms with van der Waals surface area (Å²) in [6.45, 7) is 1.06. The fourth-order valence-electron chi connectivity index (χ4n) is 1.80. The SMILES string of the molecule is COCC(CCCN)Nc1ccc(OC(F)(F)F)c(Br)c1. The second kappa shape index (κ2) is 8.45. The molecule has 1 atom stereocenters. The monoisotopic (exact) mass is 370 g/mol. The number of nitrogens with two attached hydrogens (primary N) is 1. The summed E-state index contributed by atoms with van der Waals surface area (Å²) in [5, 5.41) is 3.20. The smallest absolute Gasteiger partial charge is 0.405 e. The van der Waals surface area contributed by atoms with Crippen molar-refractivity contribution in [3.05, 3.63) is 22.7 Å². The van der Waals surface area contributed by atoms with Gasteiger partial charge in [-0.3, -0.25) is 0 Å². The Hall–Kier alpha value is -0.990. The average molecular weight is 371 g/mol. The summed E-state index contributed by atoms with van der Waals surface area (Å²) in [5.74, 6) is -0.279. The molecule has 4 nitrogen and oxygen atoms in total. The molecule has 1 rings (SSSR count). The normalized spacial score (nSPS) is 13.0. The number of ether oxygens (including phenoxy) is 2. The van der Waals surface area contributed by atoms with E-state index in [1.807, 2.05) is 0 Å². The summed E-state index contributed by atoms with van der Waals surface area (Å²) in [6.07, 6.45) is -3.07. The van der Waals surface area contributed by atoms with Crippen LogP contribution in [0.25, 0.3) is 0 Å². The number of hydrogen-bond donors (Lipinski definition) is 2. The van der Waals surface area contributed by atoms with Crippen molar-refractivity contribution in [2.45, 2.75) is 25.2 Å². The third kappa shape index (κ3) is 7.01. The number of nitrogens with one attached hydrogen (secondary N) is 1. The highest BCUT2D eigenvalue weighted by molar-refractivity contribution is 9.10. The van der Waals surface area contributed by atoms with Gasteiger partial charge in [0.25, 0.3) is 0 Å². The molecule has 0 bridgehead atoms. The van der Waals surface area contributed by atoms with Crippen LogP contribution in [-0.4, -0.2) is 32.7 Å². The third-order valence-corrected chi connectivity index (χ3v) is 3.27. The fraction of sp³-hybridized carbons (Fsp3) is 0.538.